The van der Waals surface area contributed by atoms with Gasteiger partial charge in [-0.05, 0) is 23.8 Å². The molecule has 98 valence electrons. The zero-order valence-corrected chi connectivity index (χ0v) is 10.6. The number of carbonyl (C=O) groups excluding carboxylic acids is 1. The number of aliphatic hydroxyl groups is 1. The largest absolute Gasteiger partial charge is 0.373 e. The van der Waals surface area contributed by atoms with Gasteiger partial charge in [0, 0.05) is 12.5 Å². The number of hydrogen-bond donors (Lipinski definition) is 1. The van der Waals surface area contributed by atoms with Gasteiger partial charge in [0.1, 0.15) is 6.23 Å². The van der Waals surface area contributed by atoms with Crippen LogP contribution >= 0.6 is 0 Å². The van der Waals surface area contributed by atoms with E-state index in [2.05, 4.69) is 12.2 Å². The Labute approximate surface area is 112 Å². The molecule has 19 heavy (non-hydrogen) atoms. The van der Waals surface area contributed by atoms with Crippen LogP contribution < -0.4 is 0 Å². The van der Waals surface area contributed by atoms with Crippen LogP contribution in [-0.2, 0) is 11.3 Å². The summed E-state index contributed by atoms with van der Waals surface area (Å²) in [5.41, 5.74) is 1.08. The summed E-state index contributed by atoms with van der Waals surface area (Å²) in [6.07, 6.45) is 4.80. The second kappa shape index (κ2) is 3.94. The van der Waals surface area contributed by atoms with Gasteiger partial charge in [0.25, 0.3) is 0 Å². The highest BCUT2D eigenvalue weighted by atomic mass is 16.3. The Morgan fingerprint density at radius 1 is 1.16 bits per heavy atom. The van der Waals surface area contributed by atoms with Crippen molar-refractivity contribution in [2.45, 2.75) is 19.2 Å². The summed E-state index contributed by atoms with van der Waals surface area (Å²) < 4.78 is 0. The minimum Gasteiger partial charge on any atom is -0.373 e. The molecule has 3 heteroatoms. The zero-order valence-electron chi connectivity index (χ0n) is 10.6. The molecule has 1 aromatic rings. The molecule has 2 fully saturated rings. The molecule has 5 atom stereocenters. The Bertz CT molecular complexity index is 539. The van der Waals surface area contributed by atoms with E-state index in [-0.39, 0.29) is 17.7 Å². The lowest BCUT2D eigenvalue weighted by molar-refractivity contribution is -0.137. The predicted octanol–water partition coefficient (Wildman–Crippen LogP) is 1.79. The van der Waals surface area contributed by atoms with Crippen LogP contribution in [0.4, 0.5) is 0 Å². The van der Waals surface area contributed by atoms with Gasteiger partial charge in [-0.3, -0.25) is 4.79 Å². The van der Waals surface area contributed by atoms with E-state index in [0.29, 0.717) is 18.4 Å². The third kappa shape index (κ3) is 1.51. The highest BCUT2D eigenvalue weighted by molar-refractivity contribution is 5.83. The molecule has 0 aromatic heterocycles. The fourth-order valence-electron chi connectivity index (χ4n) is 4.10. The molecule has 1 heterocycles. The number of likely N-dealkylation sites (tertiary alicyclic amines) is 1. The molecule has 3 aliphatic rings. The molecule has 3 nitrogen and oxygen atoms in total. The van der Waals surface area contributed by atoms with Crippen LogP contribution in [0.15, 0.2) is 42.5 Å². The third-order valence-electron chi connectivity index (χ3n) is 4.95. The standard InChI is InChI=1S/C16H17NO2/c18-15-13-11-6-7-12(8-11)14(13)16(19)17(15)9-10-4-2-1-3-5-10/h1-7,11-15,18H,8-9H2. The predicted molar refractivity (Wildman–Crippen MR) is 70.7 cm³/mol. The minimum absolute atomic E-state index is 0.0220. The van der Waals surface area contributed by atoms with Gasteiger partial charge >= 0.3 is 0 Å². The Hall–Kier alpha value is -1.61. The summed E-state index contributed by atoms with van der Waals surface area (Å²) in [5.74, 6) is 1.03. The zero-order chi connectivity index (χ0) is 13.0. The molecule has 1 amide bonds. The van der Waals surface area contributed by atoms with Crippen LogP contribution in [0.2, 0.25) is 0 Å². The first-order chi connectivity index (χ1) is 9.25. The number of benzene rings is 1. The van der Waals surface area contributed by atoms with Gasteiger partial charge < -0.3 is 10.0 Å². The first-order valence-electron chi connectivity index (χ1n) is 6.96. The topological polar surface area (TPSA) is 40.5 Å². The van der Waals surface area contributed by atoms with E-state index >= 15 is 0 Å². The maximum Gasteiger partial charge on any atom is 0.229 e. The van der Waals surface area contributed by atoms with E-state index in [9.17, 15) is 9.90 Å². The average Bonchev–Trinajstić information content (AvgIpc) is 3.10. The maximum atomic E-state index is 12.5. The lowest BCUT2D eigenvalue weighted by Gasteiger charge is -2.25. The van der Waals surface area contributed by atoms with Gasteiger partial charge in [-0.15, -0.1) is 0 Å². The molecule has 5 unspecified atom stereocenters. The molecule has 0 radical (unpaired) electrons. The van der Waals surface area contributed by atoms with Crippen molar-refractivity contribution in [1.82, 2.24) is 4.90 Å². The number of carbonyl (C=O) groups is 1. The summed E-state index contributed by atoms with van der Waals surface area (Å²) in [6.45, 7) is 0.521. The van der Waals surface area contributed by atoms with Crippen molar-refractivity contribution >= 4 is 5.91 Å². The number of rotatable bonds is 2. The molecule has 1 saturated heterocycles. The number of amides is 1. The van der Waals surface area contributed by atoms with E-state index in [1.807, 2.05) is 30.3 Å². The summed E-state index contributed by atoms with van der Waals surface area (Å²) >= 11 is 0. The Kier molecular flexibility index (Phi) is 2.33. The second-order valence-electron chi connectivity index (χ2n) is 5.92. The molecule has 2 bridgehead atoms. The van der Waals surface area contributed by atoms with E-state index < -0.39 is 6.23 Å². The van der Waals surface area contributed by atoms with Crippen LogP contribution in [0.3, 0.4) is 0 Å². The molecule has 1 aromatic carbocycles. The first-order valence-corrected chi connectivity index (χ1v) is 6.96. The van der Waals surface area contributed by atoms with Gasteiger partial charge in [0.2, 0.25) is 5.91 Å². The van der Waals surface area contributed by atoms with E-state index in [1.54, 1.807) is 4.90 Å². The molecule has 1 saturated carbocycles. The van der Waals surface area contributed by atoms with Crippen molar-refractivity contribution in [3.63, 3.8) is 0 Å². The summed E-state index contributed by atoms with van der Waals surface area (Å²) in [7, 11) is 0. The van der Waals surface area contributed by atoms with Crippen LogP contribution in [0.5, 0.6) is 0 Å². The highest BCUT2D eigenvalue weighted by Gasteiger charge is 2.58. The fourth-order valence-corrected chi connectivity index (χ4v) is 4.10. The minimum atomic E-state index is -0.613. The van der Waals surface area contributed by atoms with Gasteiger partial charge in [-0.25, -0.2) is 0 Å². The quantitative estimate of drug-likeness (QED) is 0.818. The molecule has 1 N–H and O–H groups in total. The maximum absolute atomic E-state index is 12.5. The number of nitrogens with zero attached hydrogens (tertiary/aromatic N) is 1. The van der Waals surface area contributed by atoms with Crippen LogP contribution in [0, 0.1) is 23.7 Å². The lowest BCUT2D eigenvalue weighted by Crippen LogP contribution is -2.36. The molecular weight excluding hydrogens is 238 g/mol. The highest BCUT2D eigenvalue weighted by Crippen LogP contribution is 2.54. The smallest absolute Gasteiger partial charge is 0.229 e. The van der Waals surface area contributed by atoms with Crippen molar-refractivity contribution in [3.8, 4) is 0 Å². The fraction of sp³-hybridized carbons (Fsp3) is 0.438. The number of hydrogen-bond acceptors (Lipinski definition) is 2. The van der Waals surface area contributed by atoms with Gasteiger partial charge in [-0.2, -0.15) is 0 Å². The average molecular weight is 255 g/mol. The molecule has 2 aliphatic carbocycles. The van der Waals surface area contributed by atoms with E-state index in [4.69, 9.17) is 0 Å². The van der Waals surface area contributed by atoms with Crippen molar-refractivity contribution < 1.29 is 9.90 Å². The SMILES string of the molecule is O=C1C2C3C=CC(C3)C2C(O)N1Cc1ccccc1. The van der Waals surface area contributed by atoms with E-state index in [0.717, 1.165) is 12.0 Å². The summed E-state index contributed by atoms with van der Waals surface area (Å²) in [6, 6.07) is 9.90. The monoisotopic (exact) mass is 255 g/mol. The number of fused-ring (bicyclic) bond motifs is 5. The van der Waals surface area contributed by atoms with Crippen molar-refractivity contribution in [3.05, 3.63) is 48.0 Å². The van der Waals surface area contributed by atoms with E-state index in [1.165, 1.54) is 0 Å². The van der Waals surface area contributed by atoms with Crippen LogP contribution in [0.1, 0.15) is 12.0 Å². The van der Waals surface area contributed by atoms with Gasteiger partial charge in [-0.1, -0.05) is 42.5 Å². The normalized spacial score (nSPS) is 39.1. The molecule has 1 aliphatic heterocycles. The number of allylic oxidation sites excluding steroid dienone is 2. The Balaban J connectivity index is 1.60. The van der Waals surface area contributed by atoms with Crippen LogP contribution in [0.25, 0.3) is 0 Å². The summed E-state index contributed by atoms with van der Waals surface area (Å²) in [4.78, 5) is 14.2. The van der Waals surface area contributed by atoms with Gasteiger partial charge in [0.15, 0.2) is 0 Å². The lowest BCUT2D eigenvalue weighted by atomic mass is 9.85. The van der Waals surface area contributed by atoms with Crippen molar-refractivity contribution in [2.75, 3.05) is 0 Å². The van der Waals surface area contributed by atoms with Crippen molar-refractivity contribution in [2.24, 2.45) is 23.7 Å². The third-order valence-corrected chi connectivity index (χ3v) is 4.95. The van der Waals surface area contributed by atoms with Gasteiger partial charge in [0.05, 0.1) is 5.92 Å². The first kappa shape index (κ1) is 11.2. The Morgan fingerprint density at radius 3 is 2.63 bits per heavy atom. The van der Waals surface area contributed by atoms with Crippen LogP contribution in [-0.4, -0.2) is 22.1 Å². The van der Waals surface area contributed by atoms with Crippen molar-refractivity contribution in [1.29, 1.82) is 0 Å². The molecule has 0 spiro atoms. The molecule has 4 rings (SSSR count). The second-order valence-corrected chi connectivity index (χ2v) is 5.92. The molecular formula is C16H17NO2. The Morgan fingerprint density at radius 2 is 1.89 bits per heavy atom. The summed E-state index contributed by atoms with van der Waals surface area (Å²) in [5, 5.41) is 10.5. The number of aliphatic hydroxyl groups excluding tert-OH is 1.